The van der Waals surface area contributed by atoms with Crippen LogP contribution in [-0.2, 0) is 0 Å². The predicted molar refractivity (Wildman–Crippen MR) is 49.4 cm³/mol. The summed E-state index contributed by atoms with van der Waals surface area (Å²) in [4.78, 5) is 0. The highest BCUT2D eigenvalue weighted by Crippen LogP contribution is 2.28. The van der Waals surface area contributed by atoms with E-state index in [1.807, 2.05) is 0 Å². The number of nitrogens with two attached hydrogens (primary N) is 1. The number of hydrogen-bond acceptors (Lipinski definition) is 1. The topological polar surface area (TPSA) is 26.0 Å². The summed E-state index contributed by atoms with van der Waals surface area (Å²) in [5, 5.41) is 0. The van der Waals surface area contributed by atoms with Gasteiger partial charge in [-0.05, 0) is 32.1 Å². The standard InChI is InChI=1S/C10H19N/c1-8(2)9-4-6-10(3,11)7-5-9/h4,8H,5-7,11H2,1-3H3. The lowest BCUT2D eigenvalue weighted by Crippen LogP contribution is -2.37. The van der Waals surface area contributed by atoms with Crippen LogP contribution in [0.1, 0.15) is 40.0 Å². The van der Waals surface area contributed by atoms with Crippen LogP contribution in [0.15, 0.2) is 11.6 Å². The van der Waals surface area contributed by atoms with Crippen molar-refractivity contribution in [2.75, 3.05) is 0 Å². The lowest BCUT2D eigenvalue weighted by atomic mass is 9.82. The molecule has 1 rings (SSSR count). The van der Waals surface area contributed by atoms with Crippen LogP contribution in [0.3, 0.4) is 0 Å². The van der Waals surface area contributed by atoms with Gasteiger partial charge in [0, 0.05) is 5.54 Å². The normalized spacial score (nSPS) is 32.3. The molecule has 0 aliphatic heterocycles. The van der Waals surface area contributed by atoms with Crippen molar-refractivity contribution in [2.45, 2.75) is 45.6 Å². The molecule has 1 aliphatic carbocycles. The maximum absolute atomic E-state index is 6.00. The zero-order valence-electron chi connectivity index (χ0n) is 7.85. The summed E-state index contributed by atoms with van der Waals surface area (Å²) < 4.78 is 0. The second-order valence-corrected chi connectivity index (χ2v) is 4.29. The zero-order valence-corrected chi connectivity index (χ0v) is 7.85. The average molecular weight is 153 g/mol. The molecule has 0 aromatic carbocycles. The molecule has 0 bridgehead atoms. The fourth-order valence-electron chi connectivity index (χ4n) is 1.52. The largest absolute Gasteiger partial charge is 0.325 e. The summed E-state index contributed by atoms with van der Waals surface area (Å²) in [6, 6.07) is 0. The molecule has 0 radical (unpaired) electrons. The second kappa shape index (κ2) is 2.98. The Morgan fingerprint density at radius 1 is 1.55 bits per heavy atom. The molecule has 0 amide bonds. The van der Waals surface area contributed by atoms with Crippen LogP contribution in [0.4, 0.5) is 0 Å². The Balaban J connectivity index is 2.58. The first-order valence-corrected chi connectivity index (χ1v) is 4.49. The summed E-state index contributed by atoms with van der Waals surface area (Å²) in [5.74, 6) is 0.714. The maximum Gasteiger partial charge on any atom is 0.0163 e. The van der Waals surface area contributed by atoms with Crippen LogP contribution in [0.25, 0.3) is 0 Å². The van der Waals surface area contributed by atoms with E-state index in [1.54, 1.807) is 5.57 Å². The fraction of sp³-hybridized carbons (Fsp3) is 0.800. The number of allylic oxidation sites excluding steroid dienone is 1. The molecule has 64 valence electrons. The Morgan fingerprint density at radius 2 is 2.18 bits per heavy atom. The van der Waals surface area contributed by atoms with Crippen LogP contribution < -0.4 is 5.73 Å². The van der Waals surface area contributed by atoms with Gasteiger partial charge < -0.3 is 5.73 Å². The van der Waals surface area contributed by atoms with E-state index in [-0.39, 0.29) is 5.54 Å². The Bertz CT molecular complexity index is 166. The number of rotatable bonds is 1. The minimum absolute atomic E-state index is 0.0678. The zero-order chi connectivity index (χ0) is 8.48. The van der Waals surface area contributed by atoms with Gasteiger partial charge in [-0.3, -0.25) is 0 Å². The molecule has 1 nitrogen and oxygen atoms in total. The molecule has 0 saturated carbocycles. The first-order chi connectivity index (χ1) is 5.01. The minimum atomic E-state index is 0.0678. The van der Waals surface area contributed by atoms with Crippen molar-refractivity contribution in [3.8, 4) is 0 Å². The third kappa shape index (κ3) is 2.33. The third-order valence-electron chi connectivity index (χ3n) is 2.56. The van der Waals surface area contributed by atoms with E-state index in [9.17, 15) is 0 Å². The third-order valence-corrected chi connectivity index (χ3v) is 2.56. The quantitative estimate of drug-likeness (QED) is 0.575. The molecule has 1 aliphatic rings. The molecule has 0 heterocycles. The maximum atomic E-state index is 6.00. The molecule has 1 heteroatoms. The van der Waals surface area contributed by atoms with Crippen LogP contribution in [0.2, 0.25) is 0 Å². The summed E-state index contributed by atoms with van der Waals surface area (Å²) in [5.41, 5.74) is 7.65. The monoisotopic (exact) mass is 153 g/mol. The van der Waals surface area contributed by atoms with Gasteiger partial charge in [-0.15, -0.1) is 0 Å². The molecule has 0 aromatic heterocycles. The van der Waals surface area contributed by atoms with Crippen molar-refractivity contribution in [2.24, 2.45) is 11.7 Å². The fourth-order valence-corrected chi connectivity index (χ4v) is 1.52. The van der Waals surface area contributed by atoms with E-state index in [0.29, 0.717) is 5.92 Å². The van der Waals surface area contributed by atoms with Gasteiger partial charge >= 0.3 is 0 Å². The Labute approximate surface area is 69.7 Å². The summed E-state index contributed by atoms with van der Waals surface area (Å²) >= 11 is 0. The van der Waals surface area contributed by atoms with Crippen molar-refractivity contribution in [1.29, 1.82) is 0 Å². The molecule has 1 atom stereocenters. The van der Waals surface area contributed by atoms with Crippen molar-refractivity contribution in [3.05, 3.63) is 11.6 Å². The highest BCUT2D eigenvalue weighted by Gasteiger charge is 2.22. The Kier molecular flexibility index (Phi) is 2.38. The van der Waals surface area contributed by atoms with E-state index in [0.717, 1.165) is 12.8 Å². The van der Waals surface area contributed by atoms with E-state index < -0.39 is 0 Å². The van der Waals surface area contributed by atoms with Gasteiger partial charge in [0.25, 0.3) is 0 Å². The van der Waals surface area contributed by atoms with Gasteiger partial charge in [0.1, 0.15) is 0 Å². The van der Waals surface area contributed by atoms with Crippen LogP contribution >= 0.6 is 0 Å². The average Bonchev–Trinajstić information content (AvgIpc) is 1.86. The highest BCUT2D eigenvalue weighted by atomic mass is 14.7. The van der Waals surface area contributed by atoms with Crippen LogP contribution in [0, 0.1) is 5.92 Å². The lowest BCUT2D eigenvalue weighted by Gasteiger charge is -2.29. The van der Waals surface area contributed by atoms with Gasteiger partial charge in [0.2, 0.25) is 0 Å². The SMILES string of the molecule is CC(C)C1=CCC(C)(N)CC1. The van der Waals surface area contributed by atoms with Gasteiger partial charge in [-0.25, -0.2) is 0 Å². The van der Waals surface area contributed by atoms with Gasteiger partial charge in [0.05, 0.1) is 0 Å². The van der Waals surface area contributed by atoms with E-state index >= 15 is 0 Å². The van der Waals surface area contributed by atoms with E-state index in [4.69, 9.17) is 5.73 Å². The molecular weight excluding hydrogens is 134 g/mol. The van der Waals surface area contributed by atoms with E-state index in [2.05, 4.69) is 26.8 Å². The summed E-state index contributed by atoms with van der Waals surface area (Å²) in [6.07, 6.45) is 5.73. The molecule has 11 heavy (non-hydrogen) atoms. The van der Waals surface area contributed by atoms with Crippen LogP contribution in [-0.4, -0.2) is 5.54 Å². The summed E-state index contributed by atoms with van der Waals surface area (Å²) in [6.45, 7) is 6.65. The molecule has 0 spiro atoms. The minimum Gasteiger partial charge on any atom is -0.325 e. The van der Waals surface area contributed by atoms with E-state index in [1.165, 1.54) is 6.42 Å². The highest BCUT2D eigenvalue weighted by molar-refractivity contribution is 5.12. The molecule has 0 aromatic rings. The Hall–Kier alpha value is -0.300. The first kappa shape index (κ1) is 8.79. The number of hydrogen-bond donors (Lipinski definition) is 1. The Morgan fingerprint density at radius 3 is 2.55 bits per heavy atom. The second-order valence-electron chi connectivity index (χ2n) is 4.29. The van der Waals surface area contributed by atoms with Crippen molar-refractivity contribution >= 4 is 0 Å². The molecule has 0 fully saturated rings. The van der Waals surface area contributed by atoms with Gasteiger partial charge in [-0.1, -0.05) is 25.5 Å². The van der Waals surface area contributed by atoms with Crippen molar-refractivity contribution in [1.82, 2.24) is 0 Å². The molecule has 1 unspecified atom stereocenters. The molecule has 2 N–H and O–H groups in total. The summed E-state index contributed by atoms with van der Waals surface area (Å²) in [7, 11) is 0. The van der Waals surface area contributed by atoms with Gasteiger partial charge in [0.15, 0.2) is 0 Å². The smallest absolute Gasteiger partial charge is 0.0163 e. The molecular formula is C10H19N. The van der Waals surface area contributed by atoms with Crippen LogP contribution in [0.5, 0.6) is 0 Å². The van der Waals surface area contributed by atoms with Crippen molar-refractivity contribution in [3.63, 3.8) is 0 Å². The van der Waals surface area contributed by atoms with Gasteiger partial charge in [-0.2, -0.15) is 0 Å². The first-order valence-electron chi connectivity index (χ1n) is 4.49. The predicted octanol–water partition coefficient (Wildman–Crippen LogP) is 2.47. The molecule has 0 saturated heterocycles. The lowest BCUT2D eigenvalue weighted by molar-refractivity contribution is 0.407. The van der Waals surface area contributed by atoms with Crippen molar-refractivity contribution < 1.29 is 0 Å².